The highest BCUT2D eigenvalue weighted by Gasteiger charge is 2.17. The zero-order valence-electron chi connectivity index (χ0n) is 7.89. The molecule has 0 aliphatic carbocycles. The molecule has 0 spiro atoms. The van der Waals surface area contributed by atoms with Gasteiger partial charge in [-0.3, -0.25) is 0 Å². The van der Waals surface area contributed by atoms with Gasteiger partial charge in [0.1, 0.15) is 0 Å². The molecule has 0 nitrogen and oxygen atoms in total. The molecule has 0 unspecified atom stereocenters. The molecule has 0 saturated carbocycles. The van der Waals surface area contributed by atoms with Crippen molar-refractivity contribution in [1.82, 2.24) is 0 Å². The molecule has 0 radical (unpaired) electrons. The first-order valence-corrected chi connectivity index (χ1v) is 5.40. The molecule has 1 heteroatoms. The molecule has 0 amide bonds. The second-order valence-electron chi connectivity index (χ2n) is 3.75. The van der Waals surface area contributed by atoms with E-state index in [2.05, 4.69) is 67.6 Å². The molecule has 0 bridgehead atoms. The number of hydrogen-bond donors (Lipinski definition) is 0. The van der Waals surface area contributed by atoms with Gasteiger partial charge >= 0.3 is 0 Å². The minimum Gasteiger partial charge on any atom is -0.0646 e. The molecule has 1 aromatic rings. The Morgan fingerprint density at radius 1 is 1.33 bits per heavy atom. The second kappa shape index (κ2) is 3.77. The van der Waals surface area contributed by atoms with Gasteiger partial charge < -0.3 is 0 Å². The fourth-order valence-corrected chi connectivity index (χ4v) is 1.66. The molecule has 66 valence electrons. The fraction of sp³-hybridized carbons (Fsp3) is 0.455. The van der Waals surface area contributed by atoms with E-state index < -0.39 is 0 Å². The average molecular weight is 274 g/mol. The molecule has 0 aliphatic heterocycles. The van der Waals surface area contributed by atoms with Crippen LogP contribution in [0, 0.1) is 3.57 Å². The molecule has 0 aromatic heterocycles. The number of hydrogen-bond acceptors (Lipinski definition) is 0. The highest BCUT2D eigenvalue weighted by atomic mass is 127. The van der Waals surface area contributed by atoms with E-state index in [1.54, 1.807) is 0 Å². The Hall–Kier alpha value is -0.0500. The lowest BCUT2D eigenvalue weighted by Crippen LogP contribution is -2.15. The molecule has 0 saturated heterocycles. The summed E-state index contributed by atoms with van der Waals surface area (Å²) in [6.07, 6.45) is 1.19. The van der Waals surface area contributed by atoms with Crippen LogP contribution in [-0.4, -0.2) is 0 Å². The van der Waals surface area contributed by atoms with E-state index in [9.17, 15) is 0 Å². The van der Waals surface area contributed by atoms with Crippen LogP contribution in [-0.2, 0) is 5.41 Å². The van der Waals surface area contributed by atoms with Crippen LogP contribution in [0.4, 0.5) is 0 Å². The summed E-state index contributed by atoms with van der Waals surface area (Å²) in [7, 11) is 0. The first-order chi connectivity index (χ1) is 5.56. The van der Waals surface area contributed by atoms with E-state index in [0.29, 0.717) is 5.41 Å². The van der Waals surface area contributed by atoms with Gasteiger partial charge in [-0.15, -0.1) is 0 Å². The van der Waals surface area contributed by atoms with Gasteiger partial charge in [0.2, 0.25) is 0 Å². The smallest absolute Gasteiger partial charge is 0.0133 e. The van der Waals surface area contributed by atoms with Crippen molar-refractivity contribution in [1.29, 1.82) is 0 Å². The van der Waals surface area contributed by atoms with Gasteiger partial charge in [0.05, 0.1) is 0 Å². The van der Waals surface area contributed by atoms with Crippen molar-refractivity contribution in [2.45, 2.75) is 32.6 Å². The second-order valence-corrected chi connectivity index (χ2v) is 4.99. The van der Waals surface area contributed by atoms with Gasteiger partial charge in [0.25, 0.3) is 0 Å². The minimum absolute atomic E-state index is 0.321. The van der Waals surface area contributed by atoms with E-state index >= 15 is 0 Å². The van der Waals surface area contributed by atoms with Crippen molar-refractivity contribution in [3.05, 3.63) is 33.4 Å². The van der Waals surface area contributed by atoms with Crippen molar-refractivity contribution < 1.29 is 0 Å². The van der Waals surface area contributed by atoms with Crippen LogP contribution in [0.1, 0.15) is 32.8 Å². The molecule has 0 aliphatic rings. The van der Waals surface area contributed by atoms with Gasteiger partial charge in [0.15, 0.2) is 0 Å². The Bertz CT molecular complexity index is 263. The number of rotatable bonds is 2. The Labute approximate surface area is 88.5 Å². The highest BCUT2D eigenvalue weighted by molar-refractivity contribution is 14.1. The maximum absolute atomic E-state index is 2.36. The topological polar surface area (TPSA) is 0 Å². The third-order valence-corrected chi connectivity index (χ3v) is 3.16. The van der Waals surface area contributed by atoms with E-state index in [1.807, 2.05) is 0 Å². The van der Waals surface area contributed by atoms with Gasteiger partial charge in [-0.05, 0) is 52.1 Å². The molecule has 0 fully saturated rings. The molecule has 1 aromatic carbocycles. The summed E-state index contributed by atoms with van der Waals surface area (Å²) in [5, 5.41) is 0. The number of halogens is 1. The van der Waals surface area contributed by atoms with Gasteiger partial charge in [0, 0.05) is 3.57 Å². The first-order valence-electron chi connectivity index (χ1n) is 4.32. The standard InChI is InChI=1S/C11H15I/c1-4-11(2,3)9-6-5-7-10(12)8-9/h5-8H,4H2,1-3H3. The first kappa shape index (κ1) is 10.0. The molecule has 12 heavy (non-hydrogen) atoms. The normalized spacial score (nSPS) is 11.7. The summed E-state index contributed by atoms with van der Waals surface area (Å²) in [6.45, 7) is 6.82. The van der Waals surface area contributed by atoms with Crippen LogP contribution in [0.15, 0.2) is 24.3 Å². The van der Waals surface area contributed by atoms with Crippen LogP contribution < -0.4 is 0 Å². The summed E-state index contributed by atoms with van der Waals surface area (Å²) in [6, 6.07) is 8.75. The van der Waals surface area contributed by atoms with E-state index in [-0.39, 0.29) is 0 Å². The van der Waals surface area contributed by atoms with E-state index in [1.165, 1.54) is 15.6 Å². The predicted octanol–water partition coefficient (Wildman–Crippen LogP) is 3.98. The lowest BCUT2D eigenvalue weighted by atomic mass is 9.82. The molecule has 0 heterocycles. The van der Waals surface area contributed by atoms with E-state index in [4.69, 9.17) is 0 Å². The molecular weight excluding hydrogens is 259 g/mol. The van der Waals surface area contributed by atoms with Crippen LogP contribution >= 0.6 is 22.6 Å². The number of benzene rings is 1. The zero-order valence-corrected chi connectivity index (χ0v) is 10.1. The largest absolute Gasteiger partial charge is 0.0646 e. The van der Waals surface area contributed by atoms with Crippen molar-refractivity contribution in [3.8, 4) is 0 Å². The molecule has 1 rings (SSSR count). The molecular formula is C11H15I. The fourth-order valence-electron chi connectivity index (χ4n) is 1.11. The minimum atomic E-state index is 0.321. The zero-order chi connectivity index (χ0) is 9.19. The van der Waals surface area contributed by atoms with Crippen LogP contribution in [0.5, 0.6) is 0 Å². The van der Waals surface area contributed by atoms with Gasteiger partial charge in [-0.1, -0.05) is 32.9 Å². The maximum atomic E-state index is 2.36. The third kappa shape index (κ3) is 2.22. The Balaban J connectivity index is 3.03. The van der Waals surface area contributed by atoms with E-state index in [0.717, 1.165) is 0 Å². The van der Waals surface area contributed by atoms with Gasteiger partial charge in [-0.2, -0.15) is 0 Å². The quantitative estimate of drug-likeness (QED) is 0.715. The maximum Gasteiger partial charge on any atom is 0.0133 e. The summed E-state index contributed by atoms with van der Waals surface area (Å²) in [5.74, 6) is 0. The SMILES string of the molecule is CCC(C)(C)c1cccc(I)c1. The molecule has 0 N–H and O–H groups in total. The van der Waals surface area contributed by atoms with Crippen LogP contribution in [0.2, 0.25) is 0 Å². The third-order valence-electron chi connectivity index (χ3n) is 2.49. The highest BCUT2D eigenvalue weighted by Crippen LogP contribution is 2.27. The van der Waals surface area contributed by atoms with Crippen molar-refractivity contribution in [3.63, 3.8) is 0 Å². The lowest BCUT2D eigenvalue weighted by Gasteiger charge is -2.23. The van der Waals surface area contributed by atoms with Crippen molar-refractivity contribution in [2.24, 2.45) is 0 Å². The lowest BCUT2D eigenvalue weighted by molar-refractivity contribution is 0.506. The average Bonchev–Trinajstić information content (AvgIpc) is 2.05. The summed E-state index contributed by atoms with van der Waals surface area (Å²) in [5.41, 5.74) is 1.76. The van der Waals surface area contributed by atoms with Crippen molar-refractivity contribution >= 4 is 22.6 Å². The summed E-state index contributed by atoms with van der Waals surface area (Å²) >= 11 is 2.36. The predicted molar refractivity (Wildman–Crippen MR) is 62.5 cm³/mol. The van der Waals surface area contributed by atoms with Gasteiger partial charge in [-0.25, -0.2) is 0 Å². The van der Waals surface area contributed by atoms with Crippen LogP contribution in [0.25, 0.3) is 0 Å². The Morgan fingerprint density at radius 3 is 2.50 bits per heavy atom. The van der Waals surface area contributed by atoms with Crippen LogP contribution in [0.3, 0.4) is 0 Å². The Morgan fingerprint density at radius 2 is 2.00 bits per heavy atom. The summed E-state index contributed by atoms with van der Waals surface area (Å²) < 4.78 is 1.33. The molecule has 0 atom stereocenters. The monoisotopic (exact) mass is 274 g/mol. The summed E-state index contributed by atoms with van der Waals surface area (Å²) in [4.78, 5) is 0. The Kier molecular flexibility index (Phi) is 3.16. The van der Waals surface area contributed by atoms with Crippen molar-refractivity contribution in [2.75, 3.05) is 0 Å².